The predicted molar refractivity (Wildman–Crippen MR) is 118 cm³/mol. The van der Waals surface area contributed by atoms with Crippen molar-refractivity contribution in [3.63, 3.8) is 0 Å². The highest BCUT2D eigenvalue weighted by atomic mass is 19.1. The van der Waals surface area contributed by atoms with Gasteiger partial charge in [-0.1, -0.05) is 0 Å². The Morgan fingerprint density at radius 3 is 2.94 bits per heavy atom. The van der Waals surface area contributed by atoms with Crippen LogP contribution in [0.5, 0.6) is 5.75 Å². The predicted octanol–water partition coefficient (Wildman–Crippen LogP) is 2.22. The SMILES string of the molecule is Cc1cc2c(nc1N1CCC(Oc3ccc4c(cnn4C)c3)[C@@H](F)C1)CN(CCO)C2=O. The smallest absolute Gasteiger partial charge is 0.256 e. The second kappa shape index (κ2) is 8.05. The molecule has 0 bridgehead atoms. The van der Waals surface area contributed by atoms with Crippen LogP contribution in [0, 0.1) is 6.92 Å². The molecule has 0 radical (unpaired) electrons. The van der Waals surface area contributed by atoms with Crippen LogP contribution in [0.4, 0.5) is 10.2 Å². The van der Waals surface area contributed by atoms with Gasteiger partial charge in [0.05, 0.1) is 42.7 Å². The molecule has 0 saturated carbocycles. The van der Waals surface area contributed by atoms with Gasteiger partial charge in [-0.15, -0.1) is 0 Å². The summed E-state index contributed by atoms with van der Waals surface area (Å²) in [5, 5.41) is 14.4. The van der Waals surface area contributed by atoms with E-state index in [1.54, 1.807) is 15.8 Å². The minimum Gasteiger partial charge on any atom is -0.487 e. The number of fused-ring (bicyclic) bond motifs is 2. The van der Waals surface area contributed by atoms with Crippen LogP contribution in [-0.4, -0.2) is 69.2 Å². The number of amides is 1. The third-order valence-electron chi connectivity index (χ3n) is 6.28. The summed E-state index contributed by atoms with van der Waals surface area (Å²) in [7, 11) is 1.88. The first-order chi connectivity index (χ1) is 15.4. The molecule has 2 atom stereocenters. The molecule has 2 aliphatic heterocycles. The van der Waals surface area contributed by atoms with Crippen molar-refractivity contribution in [3.05, 3.63) is 47.3 Å². The van der Waals surface area contributed by atoms with E-state index in [-0.39, 0.29) is 25.6 Å². The van der Waals surface area contributed by atoms with Crippen LogP contribution < -0.4 is 9.64 Å². The highest BCUT2D eigenvalue weighted by Crippen LogP contribution is 2.31. The number of rotatable bonds is 5. The van der Waals surface area contributed by atoms with Crippen LogP contribution in [-0.2, 0) is 13.6 Å². The van der Waals surface area contributed by atoms with E-state index in [1.807, 2.05) is 43.1 Å². The van der Waals surface area contributed by atoms with Gasteiger partial charge in [-0.2, -0.15) is 5.10 Å². The maximum absolute atomic E-state index is 15.1. The normalized spacial score (nSPS) is 20.8. The monoisotopic (exact) mass is 439 g/mol. The maximum Gasteiger partial charge on any atom is 0.256 e. The number of piperidine rings is 1. The zero-order chi connectivity index (χ0) is 22.4. The van der Waals surface area contributed by atoms with E-state index >= 15 is 4.39 Å². The van der Waals surface area contributed by atoms with E-state index in [4.69, 9.17) is 14.8 Å². The summed E-state index contributed by atoms with van der Waals surface area (Å²) in [5.41, 5.74) is 3.10. The number of nitrogens with zero attached hydrogens (tertiary/aromatic N) is 5. The highest BCUT2D eigenvalue weighted by molar-refractivity contribution is 5.98. The molecule has 5 rings (SSSR count). The molecule has 3 aromatic rings. The number of aliphatic hydroxyl groups excluding tert-OH is 1. The minimum absolute atomic E-state index is 0.0870. The van der Waals surface area contributed by atoms with Crippen molar-refractivity contribution in [3.8, 4) is 5.75 Å². The number of benzene rings is 1. The van der Waals surface area contributed by atoms with Crippen LogP contribution in [0.1, 0.15) is 28.0 Å². The molecule has 9 heteroatoms. The molecule has 0 spiro atoms. The molecular formula is C23H26FN5O3. The lowest BCUT2D eigenvalue weighted by Crippen LogP contribution is -2.47. The molecule has 0 aliphatic carbocycles. The minimum atomic E-state index is -1.17. The summed E-state index contributed by atoms with van der Waals surface area (Å²) in [4.78, 5) is 20.7. The Morgan fingerprint density at radius 1 is 1.31 bits per heavy atom. The highest BCUT2D eigenvalue weighted by Gasteiger charge is 2.34. The van der Waals surface area contributed by atoms with Gasteiger partial charge in [0.1, 0.15) is 17.7 Å². The van der Waals surface area contributed by atoms with Crippen LogP contribution in [0.3, 0.4) is 0 Å². The molecular weight excluding hydrogens is 413 g/mol. The Morgan fingerprint density at radius 2 is 2.16 bits per heavy atom. The quantitative estimate of drug-likeness (QED) is 0.656. The van der Waals surface area contributed by atoms with Gasteiger partial charge >= 0.3 is 0 Å². The summed E-state index contributed by atoms with van der Waals surface area (Å²) >= 11 is 0. The molecule has 8 nitrogen and oxygen atoms in total. The van der Waals surface area contributed by atoms with E-state index in [9.17, 15) is 4.79 Å². The van der Waals surface area contributed by atoms with Gasteiger partial charge in [-0.3, -0.25) is 9.48 Å². The van der Waals surface area contributed by atoms with Crippen molar-refractivity contribution in [2.45, 2.75) is 32.2 Å². The Balaban J connectivity index is 1.29. The lowest BCUT2D eigenvalue weighted by atomic mass is 10.0. The molecule has 4 heterocycles. The first-order valence-electron chi connectivity index (χ1n) is 10.8. The Bertz CT molecular complexity index is 1180. The lowest BCUT2D eigenvalue weighted by molar-refractivity contribution is 0.0745. The Hall–Kier alpha value is -3.20. The first kappa shape index (κ1) is 20.7. The average Bonchev–Trinajstić information content (AvgIpc) is 3.29. The van der Waals surface area contributed by atoms with Gasteiger partial charge in [0.2, 0.25) is 0 Å². The second-order valence-electron chi connectivity index (χ2n) is 8.47. The van der Waals surface area contributed by atoms with E-state index in [0.717, 1.165) is 16.5 Å². The molecule has 1 unspecified atom stereocenters. The van der Waals surface area contributed by atoms with Crippen molar-refractivity contribution in [1.82, 2.24) is 19.7 Å². The molecule has 1 amide bonds. The topological polar surface area (TPSA) is 83.7 Å². The molecule has 1 aromatic carbocycles. The number of aromatic nitrogens is 3. The molecule has 1 N–H and O–H groups in total. The fourth-order valence-corrected chi connectivity index (χ4v) is 4.59. The van der Waals surface area contributed by atoms with Crippen LogP contribution in [0.2, 0.25) is 0 Å². The van der Waals surface area contributed by atoms with Crippen molar-refractivity contribution in [2.75, 3.05) is 31.1 Å². The fraction of sp³-hybridized carbons (Fsp3) is 0.435. The maximum atomic E-state index is 15.1. The summed E-state index contributed by atoms with van der Waals surface area (Å²) in [6.07, 6.45) is 0.596. The zero-order valence-electron chi connectivity index (χ0n) is 18.2. The van der Waals surface area contributed by atoms with E-state index in [2.05, 4.69) is 5.10 Å². The Labute approximate surface area is 185 Å². The number of carbonyl (C=O) groups excluding carboxylic acids is 1. The third kappa shape index (κ3) is 3.56. The number of pyridine rings is 1. The fourth-order valence-electron chi connectivity index (χ4n) is 4.59. The Kier molecular flexibility index (Phi) is 5.21. The lowest BCUT2D eigenvalue weighted by Gasteiger charge is -2.36. The number of β-amino-alcohol motifs (C(OH)–C–C–N with tert-alkyl or cyclic N) is 1. The average molecular weight is 439 g/mol. The summed E-state index contributed by atoms with van der Waals surface area (Å²) in [5.74, 6) is 1.23. The van der Waals surface area contributed by atoms with Gasteiger partial charge in [0.15, 0.2) is 6.17 Å². The number of aryl methyl sites for hydroxylation is 2. The van der Waals surface area contributed by atoms with E-state index in [0.29, 0.717) is 42.3 Å². The second-order valence-corrected chi connectivity index (χ2v) is 8.47. The number of anilines is 1. The van der Waals surface area contributed by atoms with Gasteiger partial charge in [0, 0.05) is 31.9 Å². The summed E-state index contributed by atoms with van der Waals surface area (Å²) in [6, 6.07) is 7.50. The number of carbonyl (C=O) groups is 1. The first-order valence-corrected chi connectivity index (χ1v) is 10.8. The van der Waals surface area contributed by atoms with E-state index < -0.39 is 12.3 Å². The van der Waals surface area contributed by atoms with Crippen molar-refractivity contribution < 1.29 is 19.0 Å². The van der Waals surface area contributed by atoms with Gasteiger partial charge in [-0.05, 0) is 36.8 Å². The number of hydrogen-bond donors (Lipinski definition) is 1. The van der Waals surface area contributed by atoms with Crippen LogP contribution >= 0.6 is 0 Å². The number of halogens is 1. The molecule has 1 fully saturated rings. The van der Waals surface area contributed by atoms with Crippen molar-refractivity contribution in [1.29, 1.82) is 0 Å². The van der Waals surface area contributed by atoms with Gasteiger partial charge in [0.25, 0.3) is 5.91 Å². The number of alkyl halides is 1. The number of aliphatic hydroxyl groups is 1. The van der Waals surface area contributed by atoms with Crippen molar-refractivity contribution in [2.24, 2.45) is 7.05 Å². The summed E-state index contributed by atoms with van der Waals surface area (Å²) in [6.45, 7) is 3.25. The molecule has 2 aliphatic rings. The molecule has 2 aromatic heterocycles. The zero-order valence-corrected chi connectivity index (χ0v) is 18.2. The van der Waals surface area contributed by atoms with Crippen molar-refractivity contribution >= 4 is 22.6 Å². The molecule has 168 valence electrons. The van der Waals surface area contributed by atoms with Crippen LogP contribution in [0.25, 0.3) is 10.9 Å². The van der Waals surface area contributed by atoms with Gasteiger partial charge < -0.3 is 19.6 Å². The standard InChI is InChI=1S/C23H26FN5O3/c1-14-9-17-19(13-29(7-8-30)23(17)31)26-22(14)28-6-5-21(18(24)12-28)32-16-3-4-20-15(10-16)11-25-27(20)2/h3-4,9-11,18,21,30H,5-8,12-13H2,1-2H3/t18-,21?/m0/s1. The largest absolute Gasteiger partial charge is 0.487 e. The van der Waals surface area contributed by atoms with E-state index in [1.165, 1.54) is 0 Å². The summed E-state index contributed by atoms with van der Waals surface area (Å²) < 4.78 is 22.9. The number of ether oxygens (including phenoxy) is 1. The molecule has 32 heavy (non-hydrogen) atoms. The third-order valence-corrected chi connectivity index (χ3v) is 6.28. The number of hydrogen-bond acceptors (Lipinski definition) is 6. The van der Waals surface area contributed by atoms with Crippen LogP contribution in [0.15, 0.2) is 30.5 Å². The molecule has 1 saturated heterocycles. The van der Waals surface area contributed by atoms with Gasteiger partial charge in [-0.25, -0.2) is 9.37 Å².